The molecule has 0 fully saturated rings. The topological polar surface area (TPSA) is 52.6 Å². The Balaban J connectivity index is 1.98. The Bertz CT molecular complexity index is 1080. The summed E-state index contributed by atoms with van der Waals surface area (Å²) in [5, 5.41) is 0.589. The lowest BCUT2D eigenvalue weighted by molar-refractivity contribution is -0.138. The number of ether oxygens (including phenoxy) is 2. The van der Waals surface area contributed by atoms with Gasteiger partial charge in [-0.2, -0.15) is 0 Å². The third-order valence-corrected chi connectivity index (χ3v) is 5.91. The highest BCUT2D eigenvalue weighted by molar-refractivity contribution is 6.30. The van der Waals surface area contributed by atoms with Crippen LogP contribution in [0.2, 0.25) is 5.02 Å². The second-order valence-corrected chi connectivity index (χ2v) is 9.13. The van der Waals surface area contributed by atoms with Gasteiger partial charge >= 0.3 is 5.97 Å². The lowest BCUT2D eigenvalue weighted by atomic mass is 9.69. The molecule has 1 aliphatic carbocycles. The molecule has 1 atom stereocenters. The molecule has 2 aromatic rings. The molecule has 0 spiro atoms. The van der Waals surface area contributed by atoms with Crippen LogP contribution in [0.4, 0.5) is 0 Å². The van der Waals surface area contributed by atoms with Crippen molar-refractivity contribution in [3.05, 3.63) is 87.7 Å². The number of rotatable bonds is 4. The van der Waals surface area contributed by atoms with E-state index in [9.17, 15) is 9.59 Å². The lowest BCUT2D eigenvalue weighted by Crippen LogP contribution is -2.34. The van der Waals surface area contributed by atoms with Crippen LogP contribution in [0, 0.1) is 5.41 Å². The third kappa shape index (κ3) is 4.17. The van der Waals surface area contributed by atoms with Crippen molar-refractivity contribution in [2.75, 3.05) is 6.61 Å². The van der Waals surface area contributed by atoms with Crippen molar-refractivity contribution >= 4 is 29.1 Å². The first-order valence-corrected chi connectivity index (χ1v) is 10.8. The van der Waals surface area contributed by atoms with Crippen molar-refractivity contribution in [3.8, 4) is 0 Å². The Kier molecular flexibility index (Phi) is 5.76. The van der Waals surface area contributed by atoms with Crippen molar-refractivity contribution in [3.63, 3.8) is 0 Å². The first kappa shape index (κ1) is 21.4. The Hall–Kier alpha value is -2.85. The minimum Gasteiger partial charge on any atom is -0.463 e. The number of benzene rings is 2. The van der Waals surface area contributed by atoms with E-state index in [0.717, 1.165) is 11.1 Å². The zero-order chi connectivity index (χ0) is 22.2. The number of allylic oxidation sites excluding steroid dienone is 2. The van der Waals surface area contributed by atoms with Gasteiger partial charge in [-0.15, -0.1) is 0 Å². The van der Waals surface area contributed by atoms with Gasteiger partial charge in [0.2, 0.25) is 0 Å². The molecule has 0 aromatic heterocycles. The predicted octanol–water partition coefficient (Wildman–Crippen LogP) is 6.07. The van der Waals surface area contributed by atoms with E-state index in [1.54, 1.807) is 19.1 Å². The molecule has 31 heavy (non-hydrogen) atoms. The molecular weight excluding hydrogens is 412 g/mol. The number of carbonyl (C=O) groups excluding carboxylic acids is 2. The summed E-state index contributed by atoms with van der Waals surface area (Å²) in [6.07, 6.45) is 1.01. The molecule has 0 saturated carbocycles. The van der Waals surface area contributed by atoms with Gasteiger partial charge in [-0.05, 0) is 30.0 Å². The molecular formula is C26H25ClO4. The Morgan fingerprint density at radius 3 is 2.42 bits per heavy atom. The fourth-order valence-corrected chi connectivity index (χ4v) is 4.48. The molecule has 2 aromatic carbocycles. The number of Topliss-reactive ketones (excluding diaryl/α,β-unsaturated/α-hetero) is 1. The van der Waals surface area contributed by atoms with Crippen LogP contribution >= 0.6 is 11.6 Å². The smallest absolute Gasteiger partial charge is 0.338 e. The highest BCUT2D eigenvalue weighted by Gasteiger charge is 2.45. The maximum atomic E-state index is 13.3. The fourth-order valence-electron chi connectivity index (χ4n) is 4.36. The van der Waals surface area contributed by atoms with Crippen molar-refractivity contribution in [1.82, 2.24) is 0 Å². The van der Waals surface area contributed by atoms with Crippen molar-refractivity contribution < 1.29 is 19.1 Å². The Labute approximate surface area is 187 Å². The molecule has 1 aliphatic heterocycles. The van der Waals surface area contributed by atoms with Gasteiger partial charge < -0.3 is 9.47 Å². The minimum absolute atomic E-state index is 0.000102. The Morgan fingerprint density at radius 1 is 1.10 bits per heavy atom. The van der Waals surface area contributed by atoms with Crippen LogP contribution in [0.3, 0.4) is 0 Å². The van der Waals surface area contributed by atoms with Crippen LogP contribution < -0.4 is 0 Å². The van der Waals surface area contributed by atoms with Crippen LogP contribution in [0.15, 0.2) is 71.5 Å². The van der Waals surface area contributed by atoms with Gasteiger partial charge in [-0.25, -0.2) is 4.79 Å². The zero-order valence-corrected chi connectivity index (χ0v) is 18.7. The van der Waals surface area contributed by atoms with Crippen molar-refractivity contribution in [1.29, 1.82) is 0 Å². The van der Waals surface area contributed by atoms with Crippen LogP contribution in [0.5, 0.6) is 0 Å². The summed E-state index contributed by atoms with van der Waals surface area (Å²) in [5.41, 5.74) is 2.26. The third-order valence-electron chi connectivity index (χ3n) is 5.66. The molecule has 4 rings (SSSR count). The summed E-state index contributed by atoms with van der Waals surface area (Å²) < 4.78 is 11.8. The largest absolute Gasteiger partial charge is 0.463 e. The van der Waals surface area contributed by atoms with Gasteiger partial charge in [0.1, 0.15) is 11.5 Å². The van der Waals surface area contributed by atoms with Crippen molar-refractivity contribution in [2.45, 2.75) is 39.5 Å². The van der Waals surface area contributed by atoms with Gasteiger partial charge in [0, 0.05) is 29.0 Å². The fraction of sp³-hybridized carbons (Fsp3) is 0.308. The maximum Gasteiger partial charge on any atom is 0.338 e. The highest BCUT2D eigenvalue weighted by Crippen LogP contribution is 2.50. The zero-order valence-electron chi connectivity index (χ0n) is 17.9. The molecule has 2 aliphatic rings. The summed E-state index contributed by atoms with van der Waals surface area (Å²) in [7, 11) is 0. The number of hydrogen-bond donors (Lipinski definition) is 0. The average molecular weight is 437 g/mol. The first-order valence-electron chi connectivity index (χ1n) is 10.5. The molecule has 0 N–H and O–H groups in total. The number of carbonyl (C=O) groups is 2. The molecule has 0 bridgehead atoms. The summed E-state index contributed by atoms with van der Waals surface area (Å²) >= 11 is 6.12. The first-order chi connectivity index (χ1) is 14.8. The van der Waals surface area contributed by atoms with Crippen LogP contribution in [-0.4, -0.2) is 18.4 Å². The molecule has 0 saturated heterocycles. The summed E-state index contributed by atoms with van der Waals surface area (Å²) in [6.45, 7) is 6.11. The van der Waals surface area contributed by atoms with E-state index in [0.29, 0.717) is 40.5 Å². The average Bonchev–Trinajstić information content (AvgIpc) is 2.73. The number of ketones is 1. The van der Waals surface area contributed by atoms with Crippen LogP contribution in [-0.2, 0) is 19.1 Å². The van der Waals surface area contributed by atoms with E-state index in [1.807, 2.05) is 42.5 Å². The summed E-state index contributed by atoms with van der Waals surface area (Å²) in [5.74, 6) is 0.0285. The lowest BCUT2D eigenvalue weighted by Gasteiger charge is -2.38. The monoisotopic (exact) mass is 436 g/mol. The van der Waals surface area contributed by atoms with E-state index in [4.69, 9.17) is 21.1 Å². The molecule has 1 heterocycles. The van der Waals surface area contributed by atoms with E-state index >= 15 is 0 Å². The molecule has 0 amide bonds. The maximum absolute atomic E-state index is 13.3. The molecule has 5 heteroatoms. The number of esters is 1. The second-order valence-electron chi connectivity index (χ2n) is 8.69. The predicted molar refractivity (Wildman–Crippen MR) is 120 cm³/mol. The molecule has 1 unspecified atom stereocenters. The van der Waals surface area contributed by atoms with E-state index in [1.165, 1.54) is 0 Å². The van der Waals surface area contributed by atoms with Crippen LogP contribution in [0.25, 0.3) is 5.76 Å². The Morgan fingerprint density at radius 2 is 1.77 bits per heavy atom. The SMILES string of the molecule is CCOC(=O)C1=C(c2ccccc2)OC2=C(C(=O)CC(C)(C)C2)C1c1ccc(Cl)cc1. The van der Waals surface area contributed by atoms with Gasteiger partial charge in [0.25, 0.3) is 0 Å². The van der Waals surface area contributed by atoms with E-state index in [-0.39, 0.29) is 17.8 Å². The van der Waals surface area contributed by atoms with Gasteiger partial charge in [0.15, 0.2) is 5.78 Å². The van der Waals surface area contributed by atoms with E-state index in [2.05, 4.69) is 13.8 Å². The molecule has 0 radical (unpaired) electrons. The normalized spacial score (nSPS) is 20.3. The van der Waals surface area contributed by atoms with Crippen molar-refractivity contribution in [2.24, 2.45) is 5.41 Å². The van der Waals surface area contributed by atoms with E-state index < -0.39 is 11.9 Å². The molecule has 4 nitrogen and oxygen atoms in total. The van der Waals surface area contributed by atoms with Gasteiger partial charge in [-0.3, -0.25) is 4.79 Å². The summed E-state index contributed by atoms with van der Waals surface area (Å²) in [6, 6.07) is 16.8. The number of halogens is 1. The quantitative estimate of drug-likeness (QED) is 0.545. The summed E-state index contributed by atoms with van der Waals surface area (Å²) in [4.78, 5) is 26.5. The van der Waals surface area contributed by atoms with Gasteiger partial charge in [0.05, 0.1) is 18.1 Å². The van der Waals surface area contributed by atoms with Crippen LogP contribution in [0.1, 0.15) is 50.7 Å². The number of hydrogen-bond acceptors (Lipinski definition) is 4. The molecule has 160 valence electrons. The standard InChI is InChI=1S/C26H25ClO4/c1-4-30-25(29)23-21(16-10-12-18(27)13-11-16)22-19(28)14-26(2,3)15-20(22)31-24(23)17-8-6-5-7-9-17/h5-13,21H,4,14-15H2,1-3H3. The highest BCUT2D eigenvalue weighted by atomic mass is 35.5. The minimum atomic E-state index is -0.570. The van der Waals surface area contributed by atoms with Gasteiger partial charge in [-0.1, -0.05) is 67.9 Å². The second kappa shape index (κ2) is 8.35.